The highest BCUT2D eigenvalue weighted by atomic mass is 19.1. The van der Waals surface area contributed by atoms with Gasteiger partial charge in [-0.05, 0) is 68.9 Å². The van der Waals surface area contributed by atoms with Crippen LogP contribution in [-0.2, 0) is 0 Å². The zero-order valence-corrected chi connectivity index (χ0v) is 23.0. The maximum Gasteiger partial charge on any atom is 0.412 e. The van der Waals surface area contributed by atoms with E-state index in [0.717, 1.165) is 50.4 Å². The number of ether oxygens (including phenoxy) is 2. The molecular weight excluding hydrogens is 543 g/mol. The molecule has 2 aliphatic carbocycles. The topological polar surface area (TPSA) is 144 Å². The molecular formula is C29H31FN8O4. The van der Waals surface area contributed by atoms with Gasteiger partial charge < -0.3 is 30.7 Å². The normalized spacial score (nSPS) is 18.2. The maximum absolute atomic E-state index is 14.1. The summed E-state index contributed by atoms with van der Waals surface area (Å²) in [6.07, 6.45) is 8.64. The summed E-state index contributed by atoms with van der Waals surface area (Å²) in [6.45, 7) is 0. The Bertz CT molecular complexity index is 1580. The number of pyridine rings is 1. The van der Waals surface area contributed by atoms with Gasteiger partial charge in [0.25, 0.3) is 5.91 Å². The van der Waals surface area contributed by atoms with Gasteiger partial charge in [0.05, 0.1) is 30.9 Å². The molecule has 3 aromatic heterocycles. The molecule has 12 nitrogen and oxygen atoms in total. The highest BCUT2D eigenvalue weighted by Crippen LogP contribution is 2.30. The number of benzene rings is 1. The second-order valence-electron chi connectivity index (χ2n) is 10.5. The second-order valence-corrected chi connectivity index (χ2v) is 10.5. The fraction of sp³-hybridized carbons (Fsp3) is 0.345. The van der Waals surface area contributed by atoms with Crippen molar-refractivity contribution in [2.75, 3.05) is 23.1 Å². The Morgan fingerprint density at radius 1 is 0.905 bits per heavy atom. The van der Waals surface area contributed by atoms with Crippen molar-refractivity contribution in [2.45, 2.75) is 56.7 Å². The Morgan fingerprint density at radius 3 is 2.31 bits per heavy atom. The molecule has 0 spiro atoms. The van der Waals surface area contributed by atoms with Gasteiger partial charge >= 0.3 is 6.09 Å². The summed E-state index contributed by atoms with van der Waals surface area (Å²) < 4.78 is 26.1. The van der Waals surface area contributed by atoms with Crippen molar-refractivity contribution in [3.63, 3.8) is 0 Å². The largest absolute Gasteiger partial charge is 0.497 e. The lowest BCUT2D eigenvalue weighted by Crippen LogP contribution is -2.41. The third-order valence-electron chi connectivity index (χ3n) is 7.33. The summed E-state index contributed by atoms with van der Waals surface area (Å²) in [6, 6.07) is 10.6. The van der Waals surface area contributed by atoms with Crippen LogP contribution in [-0.4, -0.2) is 56.8 Å². The lowest BCUT2D eigenvalue weighted by Gasteiger charge is -2.29. The lowest BCUT2D eigenvalue weighted by molar-refractivity contribution is 0.102. The average Bonchev–Trinajstić information content (AvgIpc) is 3.70. The molecule has 2 amide bonds. The predicted octanol–water partition coefficient (Wildman–Crippen LogP) is 4.61. The molecule has 218 valence electrons. The molecule has 0 unspecified atom stereocenters. The van der Waals surface area contributed by atoms with E-state index < -0.39 is 17.8 Å². The summed E-state index contributed by atoms with van der Waals surface area (Å²) in [5.41, 5.74) is 1.47. The van der Waals surface area contributed by atoms with Gasteiger partial charge in [-0.15, -0.1) is 5.10 Å². The van der Waals surface area contributed by atoms with Gasteiger partial charge in [0.1, 0.15) is 17.3 Å². The first-order valence-electron chi connectivity index (χ1n) is 13.9. The van der Waals surface area contributed by atoms with Crippen molar-refractivity contribution < 1.29 is 23.5 Å². The van der Waals surface area contributed by atoms with Gasteiger partial charge in [-0.2, -0.15) is 0 Å². The van der Waals surface area contributed by atoms with Crippen molar-refractivity contribution in [3.8, 4) is 11.5 Å². The van der Waals surface area contributed by atoms with Crippen LogP contribution < -0.4 is 30.7 Å². The van der Waals surface area contributed by atoms with Gasteiger partial charge in [-0.1, -0.05) is 0 Å². The van der Waals surface area contributed by atoms with Crippen molar-refractivity contribution in [1.82, 2.24) is 24.9 Å². The molecule has 42 heavy (non-hydrogen) atoms. The fourth-order valence-electron chi connectivity index (χ4n) is 4.95. The highest BCUT2D eigenvalue weighted by molar-refractivity contribution is 6.03. The molecule has 0 radical (unpaired) electrons. The number of imidazole rings is 1. The van der Waals surface area contributed by atoms with E-state index in [-0.39, 0.29) is 23.5 Å². The van der Waals surface area contributed by atoms with Crippen LogP contribution in [0.1, 0.15) is 49.0 Å². The number of nitrogens with one attached hydrogen (secondary N) is 4. The Kier molecular flexibility index (Phi) is 7.71. The third-order valence-corrected chi connectivity index (χ3v) is 7.33. The van der Waals surface area contributed by atoms with Gasteiger partial charge in [-0.3, -0.25) is 9.78 Å². The van der Waals surface area contributed by atoms with E-state index in [1.54, 1.807) is 31.4 Å². The van der Waals surface area contributed by atoms with E-state index in [1.807, 2.05) is 6.07 Å². The lowest BCUT2D eigenvalue weighted by atomic mass is 9.91. The van der Waals surface area contributed by atoms with Crippen molar-refractivity contribution in [1.29, 1.82) is 0 Å². The predicted molar refractivity (Wildman–Crippen MR) is 154 cm³/mol. The van der Waals surface area contributed by atoms with Crippen LogP contribution in [0.5, 0.6) is 11.5 Å². The van der Waals surface area contributed by atoms with Crippen LogP contribution in [0.4, 0.5) is 26.4 Å². The quantitative estimate of drug-likeness (QED) is 0.225. The Balaban J connectivity index is 1.10. The number of carbonyl (C=O) groups is 2. The molecule has 2 aliphatic rings. The van der Waals surface area contributed by atoms with E-state index in [2.05, 4.69) is 36.3 Å². The number of fused-ring (bicyclic) bond motifs is 1. The Labute approximate surface area is 241 Å². The number of amides is 2. The first-order chi connectivity index (χ1) is 20.4. The number of nitrogens with zero attached hydrogens (tertiary/aromatic N) is 4. The van der Waals surface area contributed by atoms with Crippen molar-refractivity contribution >= 4 is 34.8 Å². The standard InChI is InChI=1S/C29H31FN8O4/c1-41-20-8-10-21(11-9-20)42-29(40)35-19-6-4-18(5-7-19)34-26-14-24(33-17-2-3-17)27-32-16-25(38(27)37-26)28(39)36-23-12-13-31-15-22(23)30/h8-19,33H,2-7H2,1H3,(H,34,37)(H,35,40)(H,31,36,39)/t18-,19-. The van der Waals surface area contributed by atoms with Crippen LogP contribution >= 0.6 is 0 Å². The number of anilines is 3. The molecule has 2 fully saturated rings. The van der Waals surface area contributed by atoms with Gasteiger partial charge in [0.15, 0.2) is 17.2 Å². The number of aromatic nitrogens is 4. The smallest absolute Gasteiger partial charge is 0.412 e. The van der Waals surface area contributed by atoms with Crippen LogP contribution in [0.15, 0.2) is 55.0 Å². The summed E-state index contributed by atoms with van der Waals surface area (Å²) in [5, 5.41) is 17.2. The molecule has 0 atom stereocenters. The summed E-state index contributed by atoms with van der Waals surface area (Å²) in [7, 11) is 1.58. The molecule has 0 aliphatic heterocycles. The molecule has 2 saturated carbocycles. The van der Waals surface area contributed by atoms with Crippen LogP contribution in [0.2, 0.25) is 0 Å². The minimum atomic E-state index is -0.634. The summed E-state index contributed by atoms with van der Waals surface area (Å²) >= 11 is 0. The molecule has 0 bridgehead atoms. The zero-order valence-electron chi connectivity index (χ0n) is 23.0. The Hall–Kier alpha value is -4.94. The van der Waals surface area contributed by atoms with E-state index in [1.165, 1.54) is 23.0 Å². The number of halogens is 1. The first kappa shape index (κ1) is 27.2. The number of carbonyl (C=O) groups excluding carboxylic acids is 2. The number of methoxy groups -OCH3 is 1. The molecule has 4 N–H and O–H groups in total. The van der Waals surface area contributed by atoms with Crippen LogP contribution in [0, 0.1) is 5.82 Å². The van der Waals surface area contributed by atoms with E-state index in [0.29, 0.717) is 29.0 Å². The van der Waals surface area contributed by atoms with E-state index in [9.17, 15) is 14.0 Å². The SMILES string of the molecule is COc1ccc(OC(=O)N[C@H]2CC[C@H](Nc3cc(NC4CC4)c4ncc(C(=O)Nc5ccncc5F)n4n3)CC2)cc1. The maximum atomic E-state index is 14.1. The zero-order chi connectivity index (χ0) is 29.1. The molecule has 1 aromatic carbocycles. The molecule has 4 aromatic rings. The van der Waals surface area contributed by atoms with Gasteiger partial charge in [0, 0.05) is 30.4 Å². The Morgan fingerprint density at radius 2 is 1.60 bits per heavy atom. The number of hydrogen-bond acceptors (Lipinski definition) is 9. The summed E-state index contributed by atoms with van der Waals surface area (Å²) in [4.78, 5) is 33.6. The second kappa shape index (κ2) is 11.9. The number of hydrogen-bond donors (Lipinski definition) is 4. The molecule has 13 heteroatoms. The minimum absolute atomic E-state index is 0.00568. The van der Waals surface area contributed by atoms with Crippen molar-refractivity contribution in [2.24, 2.45) is 0 Å². The number of rotatable bonds is 9. The van der Waals surface area contributed by atoms with Gasteiger partial charge in [-0.25, -0.2) is 18.7 Å². The van der Waals surface area contributed by atoms with E-state index >= 15 is 0 Å². The van der Waals surface area contributed by atoms with Crippen molar-refractivity contribution in [3.05, 3.63) is 66.5 Å². The fourth-order valence-corrected chi connectivity index (χ4v) is 4.95. The average molecular weight is 575 g/mol. The monoisotopic (exact) mass is 574 g/mol. The minimum Gasteiger partial charge on any atom is -0.497 e. The molecule has 0 saturated heterocycles. The van der Waals surface area contributed by atoms with E-state index in [4.69, 9.17) is 9.47 Å². The van der Waals surface area contributed by atoms with Crippen LogP contribution in [0.3, 0.4) is 0 Å². The third kappa shape index (κ3) is 6.35. The molecule has 3 heterocycles. The van der Waals surface area contributed by atoms with Crippen LogP contribution in [0.25, 0.3) is 5.65 Å². The highest BCUT2D eigenvalue weighted by Gasteiger charge is 2.27. The van der Waals surface area contributed by atoms with Gasteiger partial charge in [0.2, 0.25) is 0 Å². The first-order valence-corrected chi connectivity index (χ1v) is 13.9. The summed E-state index contributed by atoms with van der Waals surface area (Å²) in [5.74, 6) is 0.542. The molecule has 6 rings (SSSR count).